The van der Waals surface area contributed by atoms with Gasteiger partial charge in [0, 0.05) is 52.4 Å². The van der Waals surface area contributed by atoms with E-state index < -0.39 is 60.5 Å². The van der Waals surface area contributed by atoms with E-state index in [0.717, 1.165) is 96.3 Å². The van der Waals surface area contributed by atoms with Crippen molar-refractivity contribution >= 4 is 29.8 Å². The second-order valence-corrected chi connectivity index (χ2v) is 15.5. The molecule has 14 nitrogen and oxygen atoms in total. The maximum atomic E-state index is 13.2. The lowest BCUT2D eigenvalue weighted by Crippen LogP contribution is -2.59. The summed E-state index contributed by atoms with van der Waals surface area (Å²) in [6.07, 6.45) is 13.9. The minimum Gasteiger partial charge on any atom is -0.480 e. The predicted octanol–water partition coefficient (Wildman–Crippen LogP) is 2.90. The maximum absolute atomic E-state index is 13.2. The van der Waals surface area contributed by atoms with Crippen molar-refractivity contribution in [1.82, 2.24) is 24.9 Å². The van der Waals surface area contributed by atoms with Crippen LogP contribution in [0.25, 0.3) is 0 Å². The molecule has 3 aliphatic carbocycles. The van der Waals surface area contributed by atoms with E-state index in [1.54, 1.807) is 6.92 Å². The van der Waals surface area contributed by atoms with Crippen LogP contribution in [0.15, 0.2) is 0 Å². The highest BCUT2D eigenvalue weighted by Gasteiger charge is 2.40. The van der Waals surface area contributed by atoms with Crippen LogP contribution in [0, 0.1) is 17.8 Å². The fraction of sp³-hybridized carbons (Fsp3) is 0.865. The number of amides is 1. The van der Waals surface area contributed by atoms with Gasteiger partial charge in [-0.15, -0.1) is 0 Å². The van der Waals surface area contributed by atoms with Crippen LogP contribution >= 0.6 is 0 Å². The lowest BCUT2D eigenvalue weighted by Gasteiger charge is -2.43. The number of nitrogens with one attached hydrogen (secondary N) is 1. The zero-order valence-corrected chi connectivity index (χ0v) is 30.6. The Balaban J connectivity index is 1.70. The SMILES string of the molecule is CC(C(=O)NCC(=O)O)N1CCN(C(C(=O)O)C2CCCCC2)CCN(C(C(=O)O)C2CCCCC2)CCN(C(C(=O)O)C2CCCCC2)CC1. The first-order chi connectivity index (χ1) is 24.5. The molecule has 0 bridgehead atoms. The average Bonchev–Trinajstić information content (AvgIpc) is 3.11. The number of carbonyl (C=O) groups excluding carboxylic acids is 1. The number of hydrogen-bond acceptors (Lipinski definition) is 9. The summed E-state index contributed by atoms with van der Waals surface area (Å²) in [7, 11) is 0. The molecule has 1 amide bonds. The van der Waals surface area contributed by atoms with Crippen LogP contribution in [0.5, 0.6) is 0 Å². The molecule has 4 aliphatic rings. The Hall–Kier alpha value is -2.81. The molecule has 4 fully saturated rings. The third kappa shape index (κ3) is 11.8. The predicted molar refractivity (Wildman–Crippen MR) is 190 cm³/mol. The van der Waals surface area contributed by atoms with Crippen LogP contribution in [0.2, 0.25) is 0 Å². The van der Waals surface area contributed by atoms with Crippen molar-refractivity contribution in [3.05, 3.63) is 0 Å². The van der Waals surface area contributed by atoms with Crippen molar-refractivity contribution in [2.45, 2.75) is 127 Å². The molecule has 4 rings (SSSR count). The van der Waals surface area contributed by atoms with Gasteiger partial charge in [-0.2, -0.15) is 0 Å². The largest absolute Gasteiger partial charge is 0.480 e. The Morgan fingerprint density at radius 3 is 1.02 bits per heavy atom. The van der Waals surface area contributed by atoms with Crippen molar-refractivity contribution in [3.63, 3.8) is 0 Å². The third-order valence-electron chi connectivity index (χ3n) is 12.3. The highest BCUT2D eigenvalue weighted by Crippen LogP contribution is 2.33. The quantitative estimate of drug-likeness (QED) is 0.187. The summed E-state index contributed by atoms with van der Waals surface area (Å²) >= 11 is 0. The molecule has 51 heavy (non-hydrogen) atoms. The van der Waals surface area contributed by atoms with Gasteiger partial charge in [0.15, 0.2) is 0 Å². The molecule has 1 heterocycles. The molecule has 0 aromatic heterocycles. The number of carboxylic acid groups (broad SMARTS) is 4. The standard InChI is InChI=1S/C37H63N5O9/c1-26(34(45)38-25-30(43)44)39-17-19-40(31(35(46)47)27-11-5-2-6-12-27)21-23-42(33(37(50)51)29-15-9-4-10-16-29)24-22-41(20-18-39)32(36(48)49)28-13-7-3-8-14-28/h26-29,31-33H,2-25H2,1H3,(H,38,45)(H,43,44)(H,46,47)(H,48,49)(H,50,51). The van der Waals surface area contributed by atoms with E-state index in [-0.39, 0.29) is 17.8 Å². The average molecular weight is 722 g/mol. The van der Waals surface area contributed by atoms with Crippen molar-refractivity contribution in [2.24, 2.45) is 17.8 Å². The molecule has 0 aromatic rings. The molecule has 3 saturated carbocycles. The van der Waals surface area contributed by atoms with Crippen molar-refractivity contribution < 1.29 is 44.4 Å². The Kier molecular flexibility index (Phi) is 16.4. The minimum atomic E-state index is -1.16. The summed E-state index contributed by atoms with van der Waals surface area (Å²) in [5.74, 6) is -4.43. The summed E-state index contributed by atoms with van der Waals surface area (Å²) in [5.41, 5.74) is 0. The molecular weight excluding hydrogens is 658 g/mol. The highest BCUT2D eigenvalue weighted by molar-refractivity contribution is 5.84. The fourth-order valence-corrected chi connectivity index (χ4v) is 9.49. The molecule has 4 atom stereocenters. The molecule has 290 valence electrons. The molecule has 0 spiro atoms. The Morgan fingerprint density at radius 1 is 0.490 bits per heavy atom. The second-order valence-electron chi connectivity index (χ2n) is 15.5. The second kappa shape index (κ2) is 20.4. The van der Waals surface area contributed by atoms with Crippen molar-refractivity contribution in [2.75, 3.05) is 58.9 Å². The van der Waals surface area contributed by atoms with Gasteiger partial charge in [0.2, 0.25) is 5.91 Å². The van der Waals surface area contributed by atoms with Crippen LogP contribution in [-0.4, -0.2) is 153 Å². The first-order valence-electron chi connectivity index (χ1n) is 19.6. The molecule has 4 unspecified atom stereocenters. The number of carbonyl (C=O) groups is 5. The van der Waals surface area contributed by atoms with Crippen molar-refractivity contribution in [1.29, 1.82) is 0 Å². The zero-order valence-electron chi connectivity index (χ0n) is 30.6. The van der Waals surface area contributed by atoms with Gasteiger partial charge >= 0.3 is 23.9 Å². The smallest absolute Gasteiger partial charge is 0.322 e. The lowest BCUT2D eigenvalue weighted by molar-refractivity contribution is -0.150. The minimum absolute atomic E-state index is 0.0334. The Labute approximate surface area is 302 Å². The summed E-state index contributed by atoms with van der Waals surface area (Å²) < 4.78 is 0. The van der Waals surface area contributed by atoms with Crippen LogP contribution < -0.4 is 5.32 Å². The van der Waals surface area contributed by atoms with E-state index in [4.69, 9.17) is 0 Å². The number of nitrogens with zero attached hydrogens (tertiary/aromatic N) is 4. The van der Waals surface area contributed by atoms with Gasteiger partial charge in [-0.3, -0.25) is 43.6 Å². The van der Waals surface area contributed by atoms with Gasteiger partial charge in [-0.25, -0.2) is 0 Å². The fourth-order valence-electron chi connectivity index (χ4n) is 9.49. The van der Waals surface area contributed by atoms with Gasteiger partial charge in [-0.05, 0) is 63.2 Å². The molecule has 14 heteroatoms. The number of aliphatic carboxylic acids is 4. The monoisotopic (exact) mass is 721 g/mol. The van der Waals surface area contributed by atoms with E-state index in [9.17, 15) is 44.4 Å². The van der Waals surface area contributed by atoms with E-state index in [0.29, 0.717) is 52.4 Å². The molecule has 1 saturated heterocycles. The van der Waals surface area contributed by atoms with Gasteiger partial charge in [0.05, 0.1) is 6.04 Å². The highest BCUT2D eigenvalue weighted by atomic mass is 16.4. The van der Waals surface area contributed by atoms with E-state index in [1.807, 2.05) is 19.6 Å². The van der Waals surface area contributed by atoms with E-state index in [2.05, 4.69) is 5.32 Å². The molecule has 5 N–H and O–H groups in total. The van der Waals surface area contributed by atoms with Gasteiger partial charge in [-0.1, -0.05) is 57.8 Å². The van der Waals surface area contributed by atoms with Crippen LogP contribution in [0.3, 0.4) is 0 Å². The lowest BCUT2D eigenvalue weighted by atomic mass is 9.82. The van der Waals surface area contributed by atoms with E-state index >= 15 is 0 Å². The van der Waals surface area contributed by atoms with Gasteiger partial charge in [0.1, 0.15) is 24.7 Å². The first-order valence-corrected chi connectivity index (χ1v) is 19.6. The van der Waals surface area contributed by atoms with Gasteiger partial charge < -0.3 is 25.7 Å². The van der Waals surface area contributed by atoms with E-state index in [1.165, 1.54) is 0 Å². The summed E-state index contributed by atoms with van der Waals surface area (Å²) in [4.78, 5) is 71.4. The van der Waals surface area contributed by atoms with Crippen LogP contribution in [0.4, 0.5) is 0 Å². The molecule has 0 aromatic carbocycles. The normalized spacial score (nSPS) is 25.0. The number of hydrogen-bond donors (Lipinski definition) is 5. The van der Waals surface area contributed by atoms with Crippen molar-refractivity contribution in [3.8, 4) is 0 Å². The maximum Gasteiger partial charge on any atom is 0.322 e. The van der Waals surface area contributed by atoms with Crippen LogP contribution in [-0.2, 0) is 24.0 Å². The summed E-state index contributed by atoms with van der Waals surface area (Å²) in [6.45, 7) is 3.70. The Morgan fingerprint density at radius 2 is 0.765 bits per heavy atom. The van der Waals surface area contributed by atoms with Crippen LogP contribution in [0.1, 0.15) is 103 Å². The third-order valence-corrected chi connectivity index (χ3v) is 12.3. The molecule has 0 radical (unpaired) electrons. The number of carboxylic acids is 4. The summed E-state index contributed by atoms with van der Waals surface area (Å²) in [6, 6.07) is -3.01. The first kappa shape index (κ1) is 41.0. The molecule has 1 aliphatic heterocycles. The Bertz CT molecular complexity index is 1100. The number of rotatable bonds is 13. The molecular formula is C37H63N5O9. The summed E-state index contributed by atoms with van der Waals surface area (Å²) in [5, 5.41) is 43.6. The zero-order chi connectivity index (χ0) is 36.9. The topological polar surface area (TPSA) is 191 Å². The van der Waals surface area contributed by atoms with Gasteiger partial charge in [0.25, 0.3) is 0 Å².